The smallest absolute Gasteiger partial charge is 0.216 e. The van der Waals surface area contributed by atoms with E-state index in [1.165, 1.54) is 0 Å². The molecule has 8 heteroatoms. The van der Waals surface area contributed by atoms with Crippen LogP contribution in [-0.4, -0.2) is 46.3 Å². The zero-order valence-electron chi connectivity index (χ0n) is 16.3. The Hall–Kier alpha value is -1.77. The first kappa shape index (κ1) is 20.0. The van der Waals surface area contributed by atoms with E-state index in [1.807, 2.05) is 26.0 Å². The van der Waals surface area contributed by atoms with E-state index in [-0.39, 0.29) is 12.5 Å². The van der Waals surface area contributed by atoms with Gasteiger partial charge in [0.15, 0.2) is 0 Å². The summed E-state index contributed by atoms with van der Waals surface area (Å²) in [7, 11) is -3.28. The minimum absolute atomic E-state index is 0.0271. The number of hydrogen-bond acceptors (Lipinski definition) is 6. The maximum atomic E-state index is 12.6. The van der Waals surface area contributed by atoms with Crippen molar-refractivity contribution >= 4 is 10.0 Å². The Morgan fingerprint density at radius 2 is 2.07 bits per heavy atom. The monoisotopic (exact) mass is 393 g/mol. The second-order valence-electron chi connectivity index (χ2n) is 7.39. The average molecular weight is 394 g/mol. The molecule has 1 atom stereocenters. The maximum Gasteiger partial charge on any atom is 0.216 e. The molecule has 2 aromatic rings. The predicted molar refractivity (Wildman–Crippen MR) is 103 cm³/mol. The van der Waals surface area contributed by atoms with Crippen molar-refractivity contribution in [3.63, 3.8) is 0 Å². The summed E-state index contributed by atoms with van der Waals surface area (Å²) >= 11 is 0. The van der Waals surface area contributed by atoms with E-state index < -0.39 is 15.3 Å². The first-order valence-electron chi connectivity index (χ1n) is 9.28. The molecule has 0 saturated carbocycles. The number of aliphatic hydroxyl groups is 1. The number of aliphatic hydroxyl groups excluding tert-OH is 1. The van der Waals surface area contributed by atoms with Crippen LogP contribution in [-0.2, 0) is 16.6 Å². The standard InChI is InChI=1S/C19H27N3O4S/c1-12(2)27(24,25)22-9-5-6-15(10-22)17-8-7-16(11-23)19(20-17)18-13(3)21-26-14(18)4/h7-8,12,15,23H,5-6,9-11H2,1-4H3/t15-/m1/s1. The summed E-state index contributed by atoms with van der Waals surface area (Å²) in [4.78, 5) is 4.81. The molecule has 1 fully saturated rings. The van der Waals surface area contributed by atoms with Gasteiger partial charge in [-0.3, -0.25) is 4.98 Å². The minimum atomic E-state index is -3.28. The Bertz CT molecular complexity index is 902. The van der Waals surface area contributed by atoms with Crippen LogP contribution in [0.1, 0.15) is 55.3 Å². The van der Waals surface area contributed by atoms with Gasteiger partial charge in [0.2, 0.25) is 10.0 Å². The third kappa shape index (κ3) is 3.79. The highest BCUT2D eigenvalue weighted by molar-refractivity contribution is 7.89. The highest BCUT2D eigenvalue weighted by Crippen LogP contribution is 2.33. The summed E-state index contributed by atoms with van der Waals surface area (Å²) < 4.78 is 32.0. The van der Waals surface area contributed by atoms with Crippen LogP contribution in [0.3, 0.4) is 0 Å². The molecule has 3 rings (SSSR count). The molecule has 0 aromatic carbocycles. The van der Waals surface area contributed by atoms with E-state index in [0.717, 1.165) is 29.8 Å². The second kappa shape index (κ2) is 7.69. The second-order valence-corrected chi connectivity index (χ2v) is 9.88. The van der Waals surface area contributed by atoms with Crippen LogP contribution < -0.4 is 0 Å². The van der Waals surface area contributed by atoms with Crippen molar-refractivity contribution in [3.8, 4) is 11.3 Å². The van der Waals surface area contributed by atoms with Crippen molar-refractivity contribution in [1.29, 1.82) is 0 Å². The Morgan fingerprint density at radius 1 is 1.33 bits per heavy atom. The lowest BCUT2D eigenvalue weighted by Crippen LogP contribution is -2.42. The van der Waals surface area contributed by atoms with Crippen LogP contribution in [0.25, 0.3) is 11.3 Å². The molecule has 0 unspecified atom stereocenters. The van der Waals surface area contributed by atoms with E-state index in [0.29, 0.717) is 30.1 Å². The van der Waals surface area contributed by atoms with Crippen molar-refractivity contribution in [1.82, 2.24) is 14.4 Å². The largest absolute Gasteiger partial charge is 0.392 e. The Kier molecular flexibility index (Phi) is 5.69. The fourth-order valence-corrected chi connectivity index (χ4v) is 4.98. The molecule has 0 spiro atoms. The lowest BCUT2D eigenvalue weighted by molar-refractivity contribution is 0.281. The van der Waals surface area contributed by atoms with Crippen LogP contribution in [0.4, 0.5) is 0 Å². The molecule has 2 aromatic heterocycles. The molecule has 1 N–H and O–H groups in total. The van der Waals surface area contributed by atoms with Crippen LogP contribution in [0.15, 0.2) is 16.7 Å². The third-order valence-electron chi connectivity index (χ3n) is 5.20. The van der Waals surface area contributed by atoms with Gasteiger partial charge in [0.1, 0.15) is 5.76 Å². The van der Waals surface area contributed by atoms with Gasteiger partial charge in [0, 0.05) is 30.3 Å². The van der Waals surface area contributed by atoms with E-state index in [1.54, 1.807) is 18.2 Å². The molecule has 3 heterocycles. The molecule has 1 saturated heterocycles. The van der Waals surface area contributed by atoms with Gasteiger partial charge in [0.05, 0.1) is 28.8 Å². The third-order valence-corrected chi connectivity index (χ3v) is 7.44. The molecule has 0 radical (unpaired) electrons. The molecular formula is C19H27N3O4S. The topological polar surface area (TPSA) is 96.5 Å². The average Bonchev–Trinajstić information content (AvgIpc) is 2.99. The number of hydrogen-bond donors (Lipinski definition) is 1. The van der Waals surface area contributed by atoms with E-state index >= 15 is 0 Å². The fraction of sp³-hybridized carbons (Fsp3) is 0.579. The van der Waals surface area contributed by atoms with Crippen LogP contribution in [0.2, 0.25) is 0 Å². The summed E-state index contributed by atoms with van der Waals surface area (Å²) in [5.74, 6) is 0.679. The van der Waals surface area contributed by atoms with Gasteiger partial charge in [-0.05, 0) is 46.6 Å². The van der Waals surface area contributed by atoms with Gasteiger partial charge < -0.3 is 9.63 Å². The van der Waals surface area contributed by atoms with Gasteiger partial charge in [0.25, 0.3) is 0 Å². The Labute approximate surface area is 160 Å². The number of sulfonamides is 1. The number of aromatic nitrogens is 2. The fourth-order valence-electron chi connectivity index (χ4n) is 3.61. The van der Waals surface area contributed by atoms with Gasteiger partial charge in [-0.1, -0.05) is 11.2 Å². The van der Waals surface area contributed by atoms with Crippen molar-refractivity contribution < 1.29 is 18.0 Å². The van der Waals surface area contributed by atoms with Gasteiger partial charge >= 0.3 is 0 Å². The number of nitrogens with zero attached hydrogens (tertiary/aromatic N) is 3. The summed E-state index contributed by atoms with van der Waals surface area (Å²) in [6.45, 7) is 7.95. The van der Waals surface area contributed by atoms with Crippen molar-refractivity contribution in [2.75, 3.05) is 13.1 Å². The number of aryl methyl sites for hydroxylation is 2. The Morgan fingerprint density at radius 3 is 2.67 bits per heavy atom. The van der Waals surface area contributed by atoms with Crippen LogP contribution >= 0.6 is 0 Å². The van der Waals surface area contributed by atoms with Crippen molar-refractivity contribution in [2.24, 2.45) is 0 Å². The molecule has 148 valence electrons. The summed E-state index contributed by atoms with van der Waals surface area (Å²) in [6.07, 6.45) is 1.69. The zero-order chi connectivity index (χ0) is 19.8. The molecule has 1 aliphatic rings. The molecule has 0 bridgehead atoms. The van der Waals surface area contributed by atoms with Crippen LogP contribution in [0.5, 0.6) is 0 Å². The molecule has 1 aliphatic heterocycles. The quantitative estimate of drug-likeness (QED) is 0.839. The summed E-state index contributed by atoms with van der Waals surface area (Å²) in [5, 5.41) is 13.3. The lowest BCUT2D eigenvalue weighted by Gasteiger charge is -2.33. The van der Waals surface area contributed by atoms with E-state index in [9.17, 15) is 13.5 Å². The molecule has 0 aliphatic carbocycles. The SMILES string of the molecule is Cc1noc(C)c1-c1nc([C@@H]2CCCN(S(=O)(=O)C(C)C)C2)ccc1CO. The maximum absolute atomic E-state index is 12.6. The first-order chi connectivity index (χ1) is 12.8. The Balaban J connectivity index is 1.97. The lowest BCUT2D eigenvalue weighted by atomic mass is 9.94. The summed E-state index contributed by atoms with van der Waals surface area (Å²) in [6, 6.07) is 3.75. The number of piperidine rings is 1. The molecule has 7 nitrogen and oxygen atoms in total. The highest BCUT2D eigenvalue weighted by Gasteiger charge is 2.32. The molecule has 0 amide bonds. The number of pyridine rings is 1. The predicted octanol–water partition coefficient (Wildman–Crippen LogP) is 2.76. The highest BCUT2D eigenvalue weighted by atomic mass is 32.2. The van der Waals surface area contributed by atoms with Crippen molar-refractivity contribution in [3.05, 3.63) is 34.8 Å². The van der Waals surface area contributed by atoms with Crippen LogP contribution in [0, 0.1) is 13.8 Å². The summed E-state index contributed by atoms with van der Waals surface area (Å²) in [5.41, 5.74) is 3.72. The van der Waals surface area contributed by atoms with Gasteiger partial charge in [-0.15, -0.1) is 0 Å². The van der Waals surface area contributed by atoms with Gasteiger partial charge in [-0.2, -0.15) is 0 Å². The van der Waals surface area contributed by atoms with Gasteiger partial charge in [-0.25, -0.2) is 12.7 Å². The normalized spacial score (nSPS) is 19.0. The molecule has 27 heavy (non-hydrogen) atoms. The van der Waals surface area contributed by atoms with E-state index in [4.69, 9.17) is 9.51 Å². The minimum Gasteiger partial charge on any atom is -0.392 e. The first-order valence-corrected chi connectivity index (χ1v) is 10.8. The van der Waals surface area contributed by atoms with Crippen molar-refractivity contribution in [2.45, 2.75) is 58.3 Å². The zero-order valence-corrected chi connectivity index (χ0v) is 17.1. The number of rotatable bonds is 5. The molecular weight excluding hydrogens is 366 g/mol. The van der Waals surface area contributed by atoms with E-state index in [2.05, 4.69) is 5.16 Å².